The topological polar surface area (TPSA) is 39.7 Å². The van der Waals surface area contributed by atoms with Crippen LogP contribution in [0.15, 0.2) is 23.2 Å². The predicted octanol–water partition coefficient (Wildman–Crippen LogP) is 2.60. The minimum atomic E-state index is 0.573. The lowest BCUT2D eigenvalue weighted by molar-refractivity contribution is 0.451. The van der Waals surface area contributed by atoms with Crippen LogP contribution in [-0.2, 0) is 0 Å². The second-order valence-electron chi connectivity index (χ2n) is 3.85. The molecule has 4 nitrogen and oxygen atoms in total. The van der Waals surface area contributed by atoms with Gasteiger partial charge in [0, 0.05) is 25.2 Å². The van der Waals surface area contributed by atoms with E-state index in [1.807, 2.05) is 13.1 Å². The average Bonchev–Trinajstić information content (AvgIpc) is 2.30. The van der Waals surface area contributed by atoms with E-state index < -0.39 is 0 Å². The molecular formula is C11H14Cl2N4. The molecule has 1 aliphatic heterocycles. The van der Waals surface area contributed by atoms with E-state index >= 15 is 0 Å². The molecule has 0 aliphatic carbocycles. The van der Waals surface area contributed by atoms with Gasteiger partial charge < -0.3 is 4.90 Å². The molecular weight excluding hydrogens is 259 g/mol. The molecule has 0 spiro atoms. The van der Waals surface area contributed by atoms with Crippen LogP contribution in [0.25, 0.3) is 0 Å². The van der Waals surface area contributed by atoms with Gasteiger partial charge in [-0.3, -0.25) is 15.8 Å². The highest BCUT2D eigenvalue weighted by Gasteiger charge is 2.10. The van der Waals surface area contributed by atoms with Crippen molar-refractivity contribution < 1.29 is 0 Å². The summed E-state index contributed by atoms with van der Waals surface area (Å²) in [4.78, 5) is 6.43. The molecule has 1 heterocycles. The van der Waals surface area contributed by atoms with Crippen LogP contribution in [0.3, 0.4) is 0 Å². The first-order chi connectivity index (χ1) is 8.16. The van der Waals surface area contributed by atoms with E-state index in [2.05, 4.69) is 20.7 Å². The second kappa shape index (κ2) is 5.47. The van der Waals surface area contributed by atoms with E-state index in [4.69, 9.17) is 23.2 Å². The lowest BCUT2D eigenvalue weighted by Gasteiger charge is -2.26. The third kappa shape index (κ3) is 3.17. The molecule has 2 rings (SSSR count). The van der Waals surface area contributed by atoms with E-state index in [1.54, 1.807) is 12.1 Å². The third-order valence-corrected chi connectivity index (χ3v) is 3.06. The Balaban J connectivity index is 2.00. The summed E-state index contributed by atoms with van der Waals surface area (Å²) in [5, 5.41) is 1.19. The molecule has 0 atom stereocenters. The monoisotopic (exact) mass is 272 g/mol. The normalized spacial score (nSPS) is 15.5. The number of anilines is 1. The Hall–Kier alpha value is -1.13. The molecule has 6 heteroatoms. The number of benzene rings is 1. The molecule has 0 saturated heterocycles. The van der Waals surface area contributed by atoms with Crippen LogP contribution in [0, 0.1) is 0 Å². The minimum absolute atomic E-state index is 0.573. The summed E-state index contributed by atoms with van der Waals surface area (Å²) in [5.41, 5.74) is 6.85. The summed E-state index contributed by atoms with van der Waals surface area (Å²) < 4.78 is 0. The third-order valence-electron chi connectivity index (χ3n) is 2.51. The fraction of sp³-hybridized carbons (Fsp3) is 0.364. The molecule has 2 N–H and O–H groups in total. The number of nitrogens with one attached hydrogen (secondary N) is 2. The maximum absolute atomic E-state index is 6.04. The summed E-state index contributed by atoms with van der Waals surface area (Å²) in [6, 6.07) is 5.30. The first-order valence-corrected chi connectivity index (χ1v) is 6.15. The van der Waals surface area contributed by atoms with Crippen LogP contribution in [0.5, 0.6) is 0 Å². The second-order valence-corrected chi connectivity index (χ2v) is 4.70. The van der Waals surface area contributed by atoms with Crippen LogP contribution in [0.4, 0.5) is 5.69 Å². The Morgan fingerprint density at radius 2 is 2.12 bits per heavy atom. The number of hydrogen-bond donors (Lipinski definition) is 2. The van der Waals surface area contributed by atoms with Crippen LogP contribution in [-0.4, -0.2) is 31.0 Å². The van der Waals surface area contributed by atoms with Gasteiger partial charge in [0.15, 0.2) is 0 Å². The van der Waals surface area contributed by atoms with Crippen molar-refractivity contribution in [2.24, 2.45) is 4.99 Å². The predicted molar refractivity (Wildman–Crippen MR) is 72.8 cm³/mol. The summed E-state index contributed by atoms with van der Waals surface area (Å²) in [5.74, 6) is 0.822. The Labute approximate surface area is 111 Å². The highest BCUT2D eigenvalue weighted by molar-refractivity contribution is 6.36. The molecule has 0 aromatic heterocycles. The van der Waals surface area contributed by atoms with E-state index in [9.17, 15) is 0 Å². The van der Waals surface area contributed by atoms with Gasteiger partial charge in [0.25, 0.3) is 0 Å². The molecule has 1 aliphatic rings. The van der Waals surface area contributed by atoms with Crippen molar-refractivity contribution in [3.05, 3.63) is 28.2 Å². The highest BCUT2D eigenvalue weighted by Crippen LogP contribution is 2.24. The van der Waals surface area contributed by atoms with Gasteiger partial charge in [-0.1, -0.05) is 23.2 Å². The lowest BCUT2D eigenvalue weighted by Crippen LogP contribution is -2.44. The van der Waals surface area contributed by atoms with Gasteiger partial charge in [-0.05, 0) is 24.6 Å². The molecule has 0 amide bonds. The van der Waals surface area contributed by atoms with Gasteiger partial charge in [0.1, 0.15) is 0 Å². The molecule has 17 heavy (non-hydrogen) atoms. The summed E-state index contributed by atoms with van der Waals surface area (Å²) >= 11 is 11.9. The maximum Gasteiger partial charge on any atom is 0.212 e. The van der Waals surface area contributed by atoms with E-state index in [-0.39, 0.29) is 0 Å². The Kier molecular flexibility index (Phi) is 3.97. The van der Waals surface area contributed by atoms with E-state index in [0.29, 0.717) is 10.0 Å². The van der Waals surface area contributed by atoms with Crippen LogP contribution in [0.2, 0.25) is 10.0 Å². The number of hydrogen-bond acceptors (Lipinski definition) is 4. The van der Waals surface area contributed by atoms with E-state index in [0.717, 1.165) is 31.2 Å². The average molecular weight is 273 g/mol. The van der Waals surface area contributed by atoms with E-state index in [1.165, 1.54) is 0 Å². The molecule has 1 aromatic rings. The number of halogens is 2. The molecule has 0 unspecified atom stereocenters. The first-order valence-electron chi connectivity index (χ1n) is 5.39. The van der Waals surface area contributed by atoms with Crippen molar-refractivity contribution in [1.82, 2.24) is 10.3 Å². The SMILES string of the molecule is CN1CCCN=C1NNc1ccc(Cl)cc1Cl. The lowest BCUT2D eigenvalue weighted by atomic mass is 10.3. The fourth-order valence-corrected chi connectivity index (χ4v) is 2.02. The zero-order valence-corrected chi connectivity index (χ0v) is 11.0. The number of aliphatic imine (C=N–C) groups is 1. The van der Waals surface area contributed by atoms with Gasteiger partial charge in [-0.25, -0.2) is 0 Å². The van der Waals surface area contributed by atoms with Gasteiger partial charge >= 0.3 is 0 Å². The Morgan fingerprint density at radius 3 is 2.82 bits per heavy atom. The zero-order chi connectivity index (χ0) is 12.3. The van der Waals surface area contributed by atoms with Gasteiger partial charge in [0.2, 0.25) is 5.96 Å². The largest absolute Gasteiger partial charge is 0.345 e. The number of guanidine groups is 1. The Morgan fingerprint density at radius 1 is 1.29 bits per heavy atom. The quantitative estimate of drug-likeness (QED) is 0.814. The van der Waals surface area contributed by atoms with Crippen LogP contribution in [0.1, 0.15) is 6.42 Å². The molecule has 0 fully saturated rings. The Bertz CT molecular complexity index is 433. The maximum atomic E-state index is 6.04. The number of rotatable bonds is 2. The minimum Gasteiger partial charge on any atom is -0.345 e. The highest BCUT2D eigenvalue weighted by atomic mass is 35.5. The number of nitrogens with zero attached hydrogens (tertiary/aromatic N) is 2. The molecule has 0 saturated carbocycles. The van der Waals surface area contributed by atoms with Gasteiger partial charge in [-0.15, -0.1) is 0 Å². The number of hydrazine groups is 1. The molecule has 0 radical (unpaired) electrons. The smallest absolute Gasteiger partial charge is 0.212 e. The van der Waals surface area contributed by atoms with Gasteiger partial charge in [-0.2, -0.15) is 0 Å². The van der Waals surface area contributed by atoms with Crippen molar-refractivity contribution >= 4 is 34.8 Å². The molecule has 1 aromatic carbocycles. The van der Waals surface area contributed by atoms with Crippen molar-refractivity contribution in [3.8, 4) is 0 Å². The fourth-order valence-electron chi connectivity index (χ4n) is 1.57. The van der Waals surface area contributed by atoms with Crippen LogP contribution < -0.4 is 10.9 Å². The zero-order valence-electron chi connectivity index (χ0n) is 9.50. The summed E-state index contributed by atoms with van der Waals surface area (Å²) in [7, 11) is 2.00. The molecule has 92 valence electrons. The standard InChI is InChI=1S/C11H14Cl2N4/c1-17-6-2-5-14-11(17)16-15-10-4-3-8(12)7-9(10)13/h3-4,7,15H,2,5-6H2,1H3,(H,14,16). The summed E-state index contributed by atoms with van der Waals surface area (Å²) in [6.45, 7) is 1.85. The van der Waals surface area contributed by atoms with Crippen molar-refractivity contribution in [3.63, 3.8) is 0 Å². The first kappa shape index (κ1) is 12.3. The van der Waals surface area contributed by atoms with Crippen molar-refractivity contribution in [1.29, 1.82) is 0 Å². The summed E-state index contributed by atoms with van der Waals surface area (Å²) in [6.07, 6.45) is 1.09. The van der Waals surface area contributed by atoms with Crippen molar-refractivity contribution in [2.75, 3.05) is 25.6 Å². The van der Waals surface area contributed by atoms with Gasteiger partial charge in [0.05, 0.1) is 10.7 Å². The molecule has 0 bridgehead atoms. The van der Waals surface area contributed by atoms with Crippen molar-refractivity contribution in [2.45, 2.75) is 6.42 Å². The van der Waals surface area contributed by atoms with Crippen LogP contribution >= 0.6 is 23.2 Å².